The Balaban J connectivity index is -0.0000000183. The van der Waals surface area contributed by atoms with Gasteiger partial charge in [0.2, 0.25) is 0 Å². The van der Waals surface area contributed by atoms with Gasteiger partial charge in [0.25, 0.3) is 0 Å². The number of rotatable bonds is 0. The van der Waals surface area contributed by atoms with E-state index < -0.39 is 6.16 Å². The van der Waals surface area contributed by atoms with E-state index in [1.165, 1.54) is 0 Å². The van der Waals surface area contributed by atoms with Crippen LogP contribution in [-0.2, 0) is 0 Å². The van der Waals surface area contributed by atoms with Crippen LogP contribution in [0.25, 0.3) is 0 Å². The molecule has 2 N–H and O–H groups in total. The van der Waals surface area contributed by atoms with Crippen molar-refractivity contribution in [1.82, 2.24) is 0 Å². The third-order valence-electron chi connectivity index (χ3n) is 0. The summed E-state index contributed by atoms with van der Waals surface area (Å²) >= 11 is 0. The molecule has 0 heterocycles. The van der Waals surface area contributed by atoms with E-state index in [0.717, 1.165) is 0 Å². The summed E-state index contributed by atoms with van der Waals surface area (Å²) in [5.41, 5.74) is 0. The van der Waals surface area contributed by atoms with E-state index in [-0.39, 0.29) is 20.3 Å². The van der Waals surface area contributed by atoms with E-state index in [0.29, 0.717) is 0 Å². The van der Waals surface area contributed by atoms with Crippen molar-refractivity contribution in [3.8, 4) is 0 Å². The molecule has 0 bridgehead atoms. The third kappa shape index (κ3) is 473. The fraction of sp³-hybridized carbons (Fsp3) is 0. The zero-order chi connectivity index (χ0) is 5.58. The van der Waals surface area contributed by atoms with Gasteiger partial charge in [0.15, 0.2) is 0 Å². The molecule has 0 spiro atoms. The summed E-state index contributed by atoms with van der Waals surface area (Å²) in [5, 5.41) is 13.9. The summed E-state index contributed by atoms with van der Waals surface area (Å²) in [6.07, 6.45) is -1.83. The molecular weight excluding hydrogens is 91.0 g/mol. The Morgan fingerprint density at radius 3 is 1.43 bits per heavy atom. The Bertz CT molecular complexity index is 45.8. The quantitative estimate of drug-likeness (QED) is 0.276. The molecule has 0 saturated heterocycles. The molecule has 0 saturated carbocycles. The van der Waals surface area contributed by atoms with E-state index in [1.807, 2.05) is 0 Å². The van der Waals surface area contributed by atoms with Gasteiger partial charge >= 0.3 is 25.0 Å². The van der Waals surface area contributed by atoms with Crippen molar-refractivity contribution in [3.05, 3.63) is 13.2 Å². The molecule has 0 fully saturated rings. The van der Waals surface area contributed by atoms with Crippen LogP contribution in [0.5, 0.6) is 0 Å². The van der Waals surface area contributed by atoms with E-state index in [2.05, 4.69) is 13.2 Å². The molecule has 0 atom stereocenters. The van der Waals surface area contributed by atoms with Gasteiger partial charge in [-0.1, -0.05) is 0 Å². The van der Waals surface area contributed by atoms with E-state index >= 15 is 0 Å². The van der Waals surface area contributed by atoms with Gasteiger partial charge in [-0.25, -0.2) is 4.79 Å². The van der Waals surface area contributed by atoms with E-state index in [4.69, 9.17) is 15.0 Å². The Morgan fingerprint density at radius 1 is 1.43 bits per heavy atom. The minimum atomic E-state index is -1.83. The van der Waals surface area contributed by atoms with Crippen LogP contribution >= 0.6 is 0 Å². The fourth-order valence-corrected chi connectivity index (χ4v) is 0. The molecule has 0 radical (unpaired) electrons. The first-order valence-corrected chi connectivity index (χ1v) is 1.15. The van der Waals surface area contributed by atoms with Crippen molar-refractivity contribution in [2.75, 3.05) is 0 Å². The second-order valence-corrected chi connectivity index (χ2v) is 0.283. The average molecular weight is 98.0 g/mol. The molecule has 7 heavy (non-hydrogen) atoms. The molecule has 0 aromatic rings. The maximum Gasteiger partial charge on any atom is 1.00 e. The molecule has 0 aromatic carbocycles. The predicted molar refractivity (Wildman–Crippen MR) is 23.0 cm³/mol. The van der Waals surface area contributed by atoms with E-state index in [9.17, 15) is 0 Å². The van der Waals surface area contributed by atoms with Gasteiger partial charge in [-0.15, -0.1) is 13.2 Å². The van der Waals surface area contributed by atoms with Crippen LogP contribution in [0.3, 0.4) is 0 Å². The minimum Gasteiger partial charge on any atom is -1.00 e. The van der Waals surface area contributed by atoms with Crippen LogP contribution < -0.4 is 18.9 Å². The van der Waals surface area contributed by atoms with Crippen molar-refractivity contribution in [1.29, 1.82) is 0 Å². The first-order valence-electron chi connectivity index (χ1n) is 1.15. The van der Waals surface area contributed by atoms with E-state index in [1.54, 1.807) is 0 Å². The Kier molecular flexibility index (Phi) is 39.9. The summed E-state index contributed by atoms with van der Waals surface area (Å²) in [7, 11) is 0. The van der Waals surface area contributed by atoms with Crippen molar-refractivity contribution in [3.63, 3.8) is 0 Å². The molecule has 0 aromatic heterocycles. The van der Waals surface area contributed by atoms with Crippen LogP contribution in [0, 0.1) is 0 Å². The van der Waals surface area contributed by atoms with Crippen molar-refractivity contribution >= 4 is 6.16 Å². The number of carbonyl (C=O) groups is 1. The Morgan fingerprint density at radius 2 is 1.43 bits per heavy atom. The summed E-state index contributed by atoms with van der Waals surface area (Å²) in [4.78, 5) is 8.56. The molecule has 0 aliphatic rings. The third-order valence-corrected chi connectivity index (χ3v) is 0. The maximum absolute atomic E-state index is 8.56. The van der Waals surface area contributed by atoms with Gasteiger partial charge in [-0.2, -0.15) is 0 Å². The molecular formula is C3H7LiO3. The second-order valence-electron chi connectivity index (χ2n) is 0.283. The predicted octanol–water partition coefficient (Wildman–Crippen LogP) is -1.86. The molecule has 4 heteroatoms. The summed E-state index contributed by atoms with van der Waals surface area (Å²) < 4.78 is 0. The zero-order valence-electron chi connectivity index (χ0n) is 5.22. The van der Waals surface area contributed by atoms with Crippen LogP contribution in [0.4, 0.5) is 4.79 Å². The molecule has 0 amide bonds. The molecule has 0 rings (SSSR count). The SMILES string of the molecule is C=C.O=C(O)O.[H-].[Li+]. The summed E-state index contributed by atoms with van der Waals surface area (Å²) in [5.74, 6) is 0. The molecule has 0 unspecified atom stereocenters. The van der Waals surface area contributed by atoms with Gasteiger partial charge in [0.05, 0.1) is 0 Å². The van der Waals surface area contributed by atoms with Gasteiger partial charge in [-0.3, -0.25) is 0 Å². The normalized spacial score (nSPS) is 4.00. The molecule has 0 aliphatic heterocycles. The van der Waals surface area contributed by atoms with Crippen molar-refractivity contribution in [2.45, 2.75) is 0 Å². The molecule has 0 aliphatic carbocycles. The summed E-state index contributed by atoms with van der Waals surface area (Å²) in [6.45, 7) is 6.00. The van der Waals surface area contributed by atoms with Crippen LogP contribution in [0.1, 0.15) is 1.43 Å². The zero-order valence-corrected chi connectivity index (χ0v) is 4.22. The first kappa shape index (κ1) is 16.0. The molecule has 38 valence electrons. The Hall–Kier alpha value is -0.393. The van der Waals surface area contributed by atoms with Crippen molar-refractivity contribution in [2.24, 2.45) is 0 Å². The van der Waals surface area contributed by atoms with Crippen LogP contribution in [0.15, 0.2) is 13.2 Å². The first-order chi connectivity index (χ1) is 2.73. The molecule has 3 nitrogen and oxygen atoms in total. The van der Waals surface area contributed by atoms with Crippen LogP contribution in [0.2, 0.25) is 0 Å². The van der Waals surface area contributed by atoms with Crippen LogP contribution in [-0.4, -0.2) is 16.4 Å². The van der Waals surface area contributed by atoms with Crippen molar-refractivity contribution < 1.29 is 35.3 Å². The monoisotopic (exact) mass is 98.1 g/mol. The number of carboxylic acid groups (broad SMARTS) is 2. The number of hydrogen-bond acceptors (Lipinski definition) is 1. The van der Waals surface area contributed by atoms with Gasteiger partial charge in [-0.05, 0) is 0 Å². The van der Waals surface area contributed by atoms with Gasteiger partial charge < -0.3 is 11.6 Å². The number of hydrogen-bond donors (Lipinski definition) is 2. The fourth-order valence-electron chi connectivity index (χ4n) is 0. The summed E-state index contributed by atoms with van der Waals surface area (Å²) in [6, 6.07) is 0. The Labute approximate surface area is 55.3 Å². The van der Waals surface area contributed by atoms with Gasteiger partial charge in [0, 0.05) is 0 Å². The van der Waals surface area contributed by atoms with Gasteiger partial charge in [0.1, 0.15) is 0 Å². The maximum atomic E-state index is 8.56. The average Bonchev–Trinajstić information content (AvgIpc) is 1.41. The standard InChI is InChI=1S/C2H4.CH2O3.Li.H/c1-2;2-1(3)4;;/h1-2H2;(H2,2,3,4);;/q;;+1;-1. The minimum absolute atomic E-state index is 0. The smallest absolute Gasteiger partial charge is 1.00 e. The second kappa shape index (κ2) is 17.5. The largest absolute Gasteiger partial charge is 1.00 e. The topological polar surface area (TPSA) is 57.5 Å².